The van der Waals surface area contributed by atoms with Crippen molar-refractivity contribution >= 4 is 17.5 Å². The average molecular weight is 286 g/mol. The quantitative estimate of drug-likeness (QED) is 0.720. The number of carbonyl (C=O) groups is 1. The molecule has 0 spiro atoms. The van der Waals surface area contributed by atoms with Gasteiger partial charge in [0.25, 0.3) is 5.91 Å². The molecule has 0 radical (unpaired) electrons. The molecule has 1 atom stereocenters. The molecule has 0 fully saturated rings. The lowest BCUT2D eigenvalue weighted by molar-refractivity contribution is -0.123. The monoisotopic (exact) mass is 285 g/mol. The Morgan fingerprint density at radius 3 is 3.00 bits per heavy atom. The van der Waals surface area contributed by atoms with Crippen LogP contribution in [0.3, 0.4) is 0 Å². The highest BCUT2D eigenvalue weighted by Crippen LogP contribution is 2.16. The molecule has 2 N–H and O–H groups in total. The number of carbonyl (C=O) groups excluding carboxylic acids is 1. The topological polar surface area (TPSA) is 58.6 Å². The maximum atomic E-state index is 11.5. The molecule has 1 aromatic rings. The number of aliphatic hydroxyl groups is 1. The minimum absolute atomic E-state index is 0.0180. The predicted octanol–water partition coefficient (Wildman–Crippen LogP) is 2.24. The van der Waals surface area contributed by atoms with E-state index in [1.807, 2.05) is 6.92 Å². The van der Waals surface area contributed by atoms with Crippen LogP contribution in [0.4, 0.5) is 0 Å². The van der Waals surface area contributed by atoms with Gasteiger partial charge in [0.15, 0.2) is 6.61 Å². The van der Waals surface area contributed by atoms with Crippen LogP contribution in [0.5, 0.6) is 5.75 Å². The third-order valence-corrected chi connectivity index (χ3v) is 2.91. The van der Waals surface area contributed by atoms with Gasteiger partial charge in [-0.1, -0.05) is 24.6 Å². The average Bonchev–Trinajstić information content (AvgIpc) is 2.41. The number of aliphatic hydroxyl groups excluding tert-OH is 1. The number of halogens is 1. The van der Waals surface area contributed by atoms with Crippen LogP contribution in [0, 0.1) is 5.92 Å². The van der Waals surface area contributed by atoms with Crippen molar-refractivity contribution < 1.29 is 14.6 Å². The Balaban J connectivity index is 2.14. The summed E-state index contributed by atoms with van der Waals surface area (Å²) in [5, 5.41) is 12.2. The van der Waals surface area contributed by atoms with E-state index in [2.05, 4.69) is 5.32 Å². The van der Waals surface area contributed by atoms with Crippen LogP contribution in [0.2, 0.25) is 5.02 Å². The van der Waals surface area contributed by atoms with E-state index in [-0.39, 0.29) is 25.0 Å². The van der Waals surface area contributed by atoms with Gasteiger partial charge in [0.2, 0.25) is 0 Å². The van der Waals surface area contributed by atoms with Crippen molar-refractivity contribution in [2.75, 3.05) is 19.8 Å². The Labute approximate surface area is 118 Å². The summed E-state index contributed by atoms with van der Waals surface area (Å²) in [6, 6.07) is 6.93. The number of hydrogen-bond acceptors (Lipinski definition) is 3. The van der Waals surface area contributed by atoms with Crippen LogP contribution in [-0.4, -0.2) is 30.8 Å². The highest BCUT2D eigenvalue weighted by atomic mass is 35.5. The van der Waals surface area contributed by atoms with E-state index < -0.39 is 0 Å². The lowest BCUT2D eigenvalue weighted by atomic mass is 10.1. The van der Waals surface area contributed by atoms with Gasteiger partial charge in [-0.3, -0.25) is 4.79 Å². The summed E-state index contributed by atoms with van der Waals surface area (Å²) in [6.45, 7) is 2.74. The number of rotatable bonds is 8. The van der Waals surface area contributed by atoms with Gasteiger partial charge < -0.3 is 15.2 Å². The molecule has 0 aliphatic heterocycles. The van der Waals surface area contributed by atoms with Crippen molar-refractivity contribution in [3.05, 3.63) is 29.3 Å². The highest BCUT2D eigenvalue weighted by molar-refractivity contribution is 6.30. The standard InChI is InChI=1S/C14H20ClNO3/c1-11(9-17)4-3-7-16-14(18)10-19-13-6-2-5-12(15)8-13/h2,5-6,8,11,17H,3-4,7,9-10H2,1H3,(H,16,18). The minimum atomic E-state index is -0.156. The largest absolute Gasteiger partial charge is 0.484 e. The van der Waals surface area contributed by atoms with E-state index in [9.17, 15) is 4.79 Å². The van der Waals surface area contributed by atoms with E-state index in [0.717, 1.165) is 12.8 Å². The summed E-state index contributed by atoms with van der Waals surface area (Å²) in [7, 11) is 0. The molecule has 1 rings (SSSR count). The zero-order chi connectivity index (χ0) is 14.1. The first-order chi connectivity index (χ1) is 9.11. The Kier molecular flexibility index (Phi) is 7.30. The van der Waals surface area contributed by atoms with Crippen LogP contribution in [0.1, 0.15) is 19.8 Å². The van der Waals surface area contributed by atoms with Gasteiger partial charge in [0.05, 0.1) is 0 Å². The fourth-order valence-electron chi connectivity index (χ4n) is 1.53. The molecule has 106 valence electrons. The zero-order valence-corrected chi connectivity index (χ0v) is 11.8. The second kappa shape index (κ2) is 8.77. The molecule has 1 unspecified atom stereocenters. The number of nitrogens with one attached hydrogen (secondary N) is 1. The maximum Gasteiger partial charge on any atom is 0.257 e. The predicted molar refractivity (Wildman–Crippen MR) is 75.4 cm³/mol. The normalized spacial score (nSPS) is 11.9. The molecule has 1 amide bonds. The molecule has 0 bridgehead atoms. The second-order valence-corrected chi connectivity index (χ2v) is 4.96. The van der Waals surface area contributed by atoms with E-state index >= 15 is 0 Å². The van der Waals surface area contributed by atoms with Gasteiger partial charge in [0, 0.05) is 18.2 Å². The molecule has 4 nitrogen and oxygen atoms in total. The molecule has 5 heteroatoms. The van der Waals surface area contributed by atoms with Gasteiger partial charge in [-0.2, -0.15) is 0 Å². The van der Waals surface area contributed by atoms with Gasteiger partial charge in [-0.25, -0.2) is 0 Å². The van der Waals surface area contributed by atoms with Crippen LogP contribution >= 0.6 is 11.6 Å². The molecule has 0 saturated heterocycles. The van der Waals surface area contributed by atoms with E-state index in [1.165, 1.54) is 0 Å². The summed E-state index contributed by atoms with van der Waals surface area (Å²) >= 11 is 5.80. The molecular weight excluding hydrogens is 266 g/mol. The molecule has 0 heterocycles. The maximum absolute atomic E-state index is 11.5. The lowest BCUT2D eigenvalue weighted by Crippen LogP contribution is -2.29. The second-order valence-electron chi connectivity index (χ2n) is 4.53. The summed E-state index contributed by atoms with van der Waals surface area (Å²) < 4.78 is 5.31. The zero-order valence-electron chi connectivity index (χ0n) is 11.1. The summed E-state index contributed by atoms with van der Waals surface area (Å²) in [5.74, 6) is 0.702. The van der Waals surface area contributed by atoms with Gasteiger partial charge in [-0.15, -0.1) is 0 Å². The van der Waals surface area contributed by atoms with E-state index in [0.29, 0.717) is 17.3 Å². The number of benzene rings is 1. The summed E-state index contributed by atoms with van der Waals surface area (Å²) in [6.07, 6.45) is 1.75. The first-order valence-electron chi connectivity index (χ1n) is 6.37. The van der Waals surface area contributed by atoms with Gasteiger partial charge in [0.1, 0.15) is 5.75 Å². The van der Waals surface area contributed by atoms with Crippen molar-refractivity contribution in [3.63, 3.8) is 0 Å². The summed E-state index contributed by atoms with van der Waals surface area (Å²) in [4.78, 5) is 11.5. The van der Waals surface area contributed by atoms with E-state index in [4.69, 9.17) is 21.4 Å². The fourth-order valence-corrected chi connectivity index (χ4v) is 1.71. The lowest BCUT2D eigenvalue weighted by Gasteiger charge is -2.09. The van der Waals surface area contributed by atoms with Gasteiger partial charge in [-0.05, 0) is 37.0 Å². The third kappa shape index (κ3) is 7.03. The number of hydrogen-bond donors (Lipinski definition) is 2. The Morgan fingerprint density at radius 2 is 2.32 bits per heavy atom. The Bertz CT molecular complexity index is 398. The van der Waals surface area contributed by atoms with Crippen molar-refractivity contribution in [3.8, 4) is 5.75 Å². The first kappa shape index (κ1) is 15.8. The van der Waals surface area contributed by atoms with Crippen molar-refractivity contribution in [2.45, 2.75) is 19.8 Å². The van der Waals surface area contributed by atoms with Crippen LogP contribution < -0.4 is 10.1 Å². The van der Waals surface area contributed by atoms with Crippen LogP contribution in [-0.2, 0) is 4.79 Å². The molecule has 0 aliphatic rings. The fraction of sp³-hybridized carbons (Fsp3) is 0.500. The van der Waals surface area contributed by atoms with Crippen LogP contribution in [0.15, 0.2) is 24.3 Å². The van der Waals surface area contributed by atoms with Crippen molar-refractivity contribution in [1.82, 2.24) is 5.32 Å². The van der Waals surface area contributed by atoms with Crippen LogP contribution in [0.25, 0.3) is 0 Å². The third-order valence-electron chi connectivity index (χ3n) is 2.67. The molecule has 0 aliphatic carbocycles. The summed E-state index contributed by atoms with van der Waals surface area (Å²) in [5.41, 5.74) is 0. The SMILES string of the molecule is CC(CO)CCCNC(=O)COc1cccc(Cl)c1. The molecular formula is C14H20ClNO3. The Morgan fingerprint density at radius 1 is 1.53 bits per heavy atom. The highest BCUT2D eigenvalue weighted by Gasteiger charge is 2.04. The number of amides is 1. The first-order valence-corrected chi connectivity index (χ1v) is 6.75. The molecule has 0 saturated carbocycles. The smallest absolute Gasteiger partial charge is 0.257 e. The number of ether oxygens (including phenoxy) is 1. The van der Waals surface area contributed by atoms with E-state index in [1.54, 1.807) is 24.3 Å². The minimum Gasteiger partial charge on any atom is -0.484 e. The van der Waals surface area contributed by atoms with Crippen molar-refractivity contribution in [1.29, 1.82) is 0 Å². The van der Waals surface area contributed by atoms with Gasteiger partial charge >= 0.3 is 0 Å². The molecule has 19 heavy (non-hydrogen) atoms. The van der Waals surface area contributed by atoms with Crippen molar-refractivity contribution in [2.24, 2.45) is 5.92 Å². The Hall–Kier alpha value is -1.26. The molecule has 0 aromatic heterocycles. The molecule has 1 aromatic carbocycles.